The molecule has 0 saturated carbocycles. The van der Waals surface area contributed by atoms with Crippen LogP contribution in [-0.4, -0.2) is 4.57 Å². The first-order valence-corrected chi connectivity index (χ1v) is 10.2. The van der Waals surface area contributed by atoms with Gasteiger partial charge in [-0.05, 0) is 35.6 Å². The maximum atomic E-state index is 13.1. The van der Waals surface area contributed by atoms with Gasteiger partial charge in [0.1, 0.15) is 0 Å². The molecule has 0 bridgehead atoms. The Morgan fingerprint density at radius 1 is 0.815 bits per heavy atom. The van der Waals surface area contributed by atoms with Gasteiger partial charge in [0.15, 0.2) is 0 Å². The van der Waals surface area contributed by atoms with Gasteiger partial charge in [-0.3, -0.25) is 4.79 Å². The van der Waals surface area contributed by atoms with Gasteiger partial charge in [-0.1, -0.05) is 93.6 Å². The van der Waals surface area contributed by atoms with Crippen LogP contribution >= 0.6 is 0 Å². The van der Waals surface area contributed by atoms with Crippen molar-refractivity contribution in [1.82, 2.24) is 4.57 Å². The number of para-hydroxylation sites is 1. The van der Waals surface area contributed by atoms with Crippen LogP contribution in [0.1, 0.15) is 56.6 Å². The highest BCUT2D eigenvalue weighted by Crippen LogP contribution is 2.16. The predicted molar refractivity (Wildman–Crippen MR) is 117 cm³/mol. The van der Waals surface area contributed by atoms with Gasteiger partial charge in [-0.2, -0.15) is 0 Å². The molecule has 0 aliphatic heterocycles. The molecule has 0 aliphatic carbocycles. The van der Waals surface area contributed by atoms with Crippen molar-refractivity contribution in [3.63, 3.8) is 0 Å². The Bertz CT molecular complexity index is 937. The second kappa shape index (κ2) is 9.91. The van der Waals surface area contributed by atoms with Crippen molar-refractivity contribution in [2.24, 2.45) is 0 Å². The summed E-state index contributed by atoms with van der Waals surface area (Å²) in [5.74, 6) is 0. The number of rotatable bonds is 9. The highest BCUT2D eigenvalue weighted by Gasteiger charge is 2.07. The Kier molecular flexibility index (Phi) is 7.04. The number of aromatic nitrogens is 1. The molecule has 0 fully saturated rings. The number of aryl methyl sites for hydroxylation is 1. The topological polar surface area (TPSA) is 22.0 Å². The normalized spacial score (nSPS) is 11.4. The molecular formula is C25H29NO. The van der Waals surface area contributed by atoms with Crippen LogP contribution in [0.25, 0.3) is 23.1 Å². The third-order valence-electron chi connectivity index (χ3n) is 5.02. The Balaban J connectivity index is 1.84. The van der Waals surface area contributed by atoms with Crippen molar-refractivity contribution in [1.29, 1.82) is 0 Å². The quantitative estimate of drug-likeness (QED) is 0.398. The monoisotopic (exact) mass is 359 g/mol. The first kappa shape index (κ1) is 19.2. The lowest BCUT2D eigenvalue weighted by molar-refractivity contribution is 0.558. The third kappa shape index (κ3) is 5.19. The van der Waals surface area contributed by atoms with Gasteiger partial charge >= 0.3 is 0 Å². The number of fused-ring (bicyclic) bond motifs is 1. The zero-order valence-corrected chi connectivity index (χ0v) is 16.2. The molecule has 0 amide bonds. The molecule has 0 unspecified atom stereocenters. The van der Waals surface area contributed by atoms with Crippen LogP contribution in [-0.2, 0) is 6.54 Å². The summed E-state index contributed by atoms with van der Waals surface area (Å²) in [6.07, 6.45) is 11.3. The Morgan fingerprint density at radius 2 is 1.52 bits per heavy atom. The zero-order chi connectivity index (χ0) is 18.9. The lowest BCUT2D eigenvalue weighted by atomic mass is 10.1. The van der Waals surface area contributed by atoms with Gasteiger partial charge in [0.25, 0.3) is 5.56 Å². The molecule has 2 aromatic carbocycles. The molecule has 0 spiro atoms. The molecule has 0 saturated heterocycles. The summed E-state index contributed by atoms with van der Waals surface area (Å²) in [5, 5.41) is 1.12. The molecule has 2 nitrogen and oxygen atoms in total. The minimum atomic E-state index is 0.106. The predicted octanol–water partition coefficient (Wildman–Crippen LogP) is 6.53. The summed E-state index contributed by atoms with van der Waals surface area (Å²) in [4.78, 5) is 13.1. The third-order valence-corrected chi connectivity index (χ3v) is 5.02. The van der Waals surface area contributed by atoms with Crippen LogP contribution in [0.15, 0.2) is 65.5 Å². The highest BCUT2D eigenvalue weighted by molar-refractivity contribution is 5.83. The van der Waals surface area contributed by atoms with Crippen molar-refractivity contribution in [3.8, 4) is 0 Å². The number of hydrogen-bond acceptors (Lipinski definition) is 1. The molecule has 27 heavy (non-hydrogen) atoms. The lowest BCUT2D eigenvalue weighted by Crippen LogP contribution is -2.22. The van der Waals surface area contributed by atoms with E-state index in [0.717, 1.165) is 35.0 Å². The van der Waals surface area contributed by atoms with E-state index in [4.69, 9.17) is 0 Å². The molecule has 3 rings (SSSR count). The Hall–Kier alpha value is -2.61. The second-order valence-corrected chi connectivity index (χ2v) is 7.13. The molecule has 0 N–H and O–H groups in total. The molecule has 0 atom stereocenters. The smallest absolute Gasteiger partial charge is 0.258 e. The van der Waals surface area contributed by atoms with Crippen LogP contribution in [0, 0.1) is 0 Å². The van der Waals surface area contributed by atoms with Gasteiger partial charge in [0.05, 0.1) is 5.52 Å². The SMILES string of the molecule is CCCCCCCCn1c(=O)c(/C=C/c2ccccc2)cc2ccccc21. The Morgan fingerprint density at radius 3 is 2.33 bits per heavy atom. The average molecular weight is 360 g/mol. The van der Waals surface area contributed by atoms with E-state index in [-0.39, 0.29) is 5.56 Å². The van der Waals surface area contributed by atoms with Gasteiger partial charge < -0.3 is 4.57 Å². The number of unbranched alkanes of at least 4 members (excludes halogenated alkanes) is 5. The summed E-state index contributed by atoms with van der Waals surface area (Å²) >= 11 is 0. The number of hydrogen-bond donors (Lipinski definition) is 0. The minimum Gasteiger partial charge on any atom is -0.308 e. The van der Waals surface area contributed by atoms with Crippen LogP contribution in [0.3, 0.4) is 0 Å². The van der Waals surface area contributed by atoms with E-state index in [1.165, 1.54) is 32.1 Å². The molecule has 0 aliphatic rings. The van der Waals surface area contributed by atoms with Crippen molar-refractivity contribution in [2.45, 2.75) is 52.0 Å². The van der Waals surface area contributed by atoms with Gasteiger partial charge in [0, 0.05) is 12.1 Å². The number of benzene rings is 2. The van der Waals surface area contributed by atoms with E-state index in [1.807, 2.05) is 65.3 Å². The second-order valence-electron chi connectivity index (χ2n) is 7.13. The maximum Gasteiger partial charge on any atom is 0.258 e. The lowest BCUT2D eigenvalue weighted by Gasteiger charge is -2.12. The highest BCUT2D eigenvalue weighted by atomic mass is 16.1. The molecule has 1 aromatic heterocycles. The standard InChI is InChI=1S/C25H29NO/c1-2-3-4-5-6-12-19-26-24-16-11-10-15-22(24)20-23(25(26)27)18-17-21-13-8-7-9-14-21/h7-11,13-18,20H,2-6,12,19H2,1H3/b18-17+. The molecule has 140 valence electrons. The largest absolute Gasteiger partial charge is 0.308 e. The Labute approximate surface area is 162 Å². The first-order valence-electron chi connectivity index (χ1n) is 10.2. The maximum absolute atomic E-state index is 13.1. The summed E-state index contributed by atoms with van der Waals surface area (Å²) in [6.45, 7) is 3.03. The fraction of sp³-hybridized carbons (Fsp3) is 0.320. The van der Waals surface area contributed by atoms with Crippen LogP contribution in [0.2, 0.25) is 0 Å². The van der Waals surface area contributed by atoms with E-state index < -0.39 is 0 Å². The zero-order valence-electron chi connectivity index (χ0n) is 16.2. The van der Waals surface area contributed by atoms with Crippen molar-refractivity contribution in [2.75, 3.05) is 0 Å². The fourth-order valence-electron chi connectivity index (χ4n) is 3.49. The number of nitrogens with zero attached hydrogens (tertiary/aromatic N) is 1. The van der Waals surface area contributed by atoms with Gasteiger partial charge in [-0.15, -0.1) is 0 Å². The summed E-state index contributed by atoms with van der Waals surface area (Å²) in [5.41, 5.74) is 3.00. The van der Waals surface area contributed by atoms with E-state index in [2.05, 4.69) is 19.1 Å². The molecule has 0 radical (unpaired) electrons. The fourth-order valence-corrected chi connectivity index (χ4v) is 3.49. The van der Waals surface area contributed by atoms with Crippen molar-refractivity contribution in [3.05, 3.63) is 82.1 Å². The average Bonchev–Trinajstić information content (AvgIpc) is 2.71. The molecular weight excluding hydrogens is 330 g/mol. The summed E-state index contributed by atoms with van der Waals surface area (Å²) < 4.78 is 1.96. The van der Waals surface area contributed by atoms with E-state index in [1.54, 1.807) is 0 Å². The van der Waals surface area contributed by atoms with Crippen molar-refractivity contribution < 1.29 is 0 Å². The molecule has 2 heteroatoms. The van der Waals surface area contributed by atoms with E-state index in [9.17, 15) is 4.79 Å². The van der Waals surface area contributed by atoms with Gasteiger partial charge in [0.2, 0.25) is 0 Å². The van der Waals surface area contributed by atoms with Crippen LogP contribution < -0.4 is 5.56 Å². The summed E-state index contributed by atoms with van der Waals surface area (Å²) in [7, 11) is 0. The molecule has 3 aromatic rings. The van der Waals surface area contributed by atoms with Crippen molar-refractivity contribution >= 4 is 23.1 Å². The first-order chi connectivity index (χ1) is 13.3. The number of pyridine rings is 1. The van der Waals surface area contributed by atoms with Crippen LogP contribution in [0.5, 0.6) is 0 Å². The van der Waals surface area contributed by atoms with E-state index in [0.29, 0.717) is 0 Å². The minimum absolute atomic E-state index is 0.106. The van der Waals surface area contributed by atoms with E-state index >= 15 is 0 Å². The molecule has 1 heterocycles. The summed E-state index contributed by atoms with van der Waals surface area (Å²) in [6, 6.07) is 20.3. The van der Waals surface area contributed by atoms with Gasteiger partial charge in [-0.25, -0.2) is 0 Å². The van der Waals surface area contributed by atoms with Crippen LogP contribution in [0.4, 0.5) is 0 Å².